The van der Waals surface area contributed by atoms with E-state index in [4.69, 9.17) is 4.74 Å². The average Bonchev–Trinajstić information content (AvgIpc) is 3.19. The van der Waals surface area contributed by atoms with Crippen molar-refractivity contribution in [3.63, 3.8) is 0 Å². The molecular formula is C20H23F3N2O3S. The van der Waals surface area contributed by atoms with Crippen molar-refractivity contribution >= 4 is 17.2 Å². The van der Waals surface area contributed by atoms with Crippen LogP contribution < -0.4 is 14.8 Å². The van der Waals surface area contributed by atoms with Gasteiger partial charge in [-0.05, 0) is 60.5 Å². The van der Waals surface area contributed by atoms with E-state index in [1.165, 1.54) is 24.8 Å². The van der Waals surface area contributed by atoms with E-state index in [1.807, 2.05) is 5.38 Å². The number of benzene rings is 1. The van der Waals surface area contributed by atoms with Crippen molar-refractivity contribution < 1.29 is 27.4 Å². The Balaban J connectivity index is 1.53. The molecule has 2 aromatic rings. The Kier molecular flexibility index (Phi) is 7.02. The number of nitrogens with one attached hydrogen (secondary N) is 1. The smallest absolute Gasteiger partial charge is 0.497 e. The number of likely N-dealkylation sites (tertiary alicyclic amines) is 1. The molecule has 1 aliphatic rings. The SMILES string of the molecule is COc1ccc(CNC(=O)C2CCN(Cc3ccsc3)CC2)c(OC(F)(F)F)c1. The highest BCUT2D eigenvalue weighted by atomic mass is 32.1. The summed E-state index contributed by atoms with van der Waals surface area (Å²) in [7, 11) is 1.36. The quantitative estimate of drug-likeness (QED) is 0.719. The summed E-state index contributed by atoms with van der Waals surface area (Å²) in [6, 6.07) is 6.26. The van der Waals surface area contributed by atoms with Crippen LogP contribution in [0.2, 0.25) is 0 Å². The number of piperidine rings is 1. The lowest BCUT2D eigenvalue weighted by atomic mass is 9.95. The van der Waals surface area contributed by atoms with Crippen LogP contribution in [-0.4, -0.2) is 37.4 Å². The van der Waals surface area contributed by atoms with Crippen LogP contribution in [0.3, 0.4) is 0 Å². The summed E-state index contributed by atoms with van der Waals surface area (Å²) in [4.78, 5) is 14.8. The third kappa shape index (κ3) is 6.37. The summed E-state index contributed by atoms with van der Waals surface area (Å²) >= 11 is 1.67. The largest absolute Gasteiger partial charge is 0.573 e. The minimum Gasteiger partial charge on any atom is -0.497 e. The van der Waals surface area contributed by atoms with Gasteiger partial charge in [-0.25, -0.2) is 0 Å². The molecule has 0 spiro atoms. The molecule has 0 atom stereocenters. The Morgan fingerprint density at radius 2 is 2.03 bits per heavy atom. The molecule has 158 valence electrons. The molecule has 1 saturated heterocycles. The van der Waals surface area contributed by atoms with E-state index >= 15 is 0 Å². The maximum Gasteiger partial charge on any atom is 0.573 e. The van der Waals surface area contributed by atoms with Crippen LogP contribution in [0, 0.1) is 5.92 Å². The van der Waals surface area contributed by atoms with Crippen molar-refractivity contribution in [2.45, 2.75) is 32.3 Å². The average molecular weight is 428 g/mol. The van der Waals surface area contributed by atoms with Gasteiger partial charge in [0.05, 0.1) is 7.11 Å². The number of hydrogen-bond donors (Lipinski definition) is 1. The zero-order chi connectivity index (χ0) is 20.9. The normalized spacial score (nSPS) is 15.9. The van der Waals surface area contributed by atoms with Crippen molar-refractivity contribution in [3.8, 4) is 11.5 Å². The first-order chi connectivity index (χ1) is 13.8. The van der Waals surface area contributed by atoms with E-state index in [-0.39, 0.29) is 35.4 Å². The molecule has 1 N–H and O–H groups in total. The molecule has 3 rings (SSSR count). The highest BCUT2D eigenvalue weighted by Gasteiger charge is 2.32. The molecule has 0 bridgehead atoms. The monoisotopic (exact) mass is 428 g/mol. The molecule has 0 radical (unpaired) electrons. The minimum atomic E-state index is -4.82. The maximum absolute atomic E-state index is 12.7. The number of methoxy groups -OCH3 is 1. The van der Waals surface area contributed by atoms with Gasteiger partial charge in [0.2, 0.25) is 5.91 Å². The van der Waals surface area contributed by atoms with Gasteiger partial charge in [0.15, 0.2) is 0 Å². The fraction of sp³-hybridized carbons (Fsp3) is 0.450. The molecule has 29 heavy (non-hydrogen) atoms. The molecule has 1 aromatic carbocycles. The standard InChI is InChI=1S/C20H23F3N2O3S/c1-27-17-3-2-16(18(10-17)28-20(21,22)23)11-24-19(26)15-4-7-25(8-5-15)12-14-6-9-29-13-14/h2-3,6,9-10,13,15H,4-5,7-8,11-12H2,1H3,(H,24,26). The molecule has 9 heteroatoms. The fourth-order valence-corrected chi connectivity index (χ4v) is 4.01. The molecular weight excluding hydrogens is 405 g/mol. The zero-order valence-electron chi connectivity index (χ0n) is 16.0. The first kappa shape index (κ1) is 21.4. The Labute approximate surface area is 171 Å². The van der Waals surface area contributed by atoms with Gasteiger partial charge in [-0.15, -0.1) is 13.2 Å². The van der Waals surface area contributed by atoms with Crippen LogP contribution in [0.1, 0.15) is 24.0 Å². The van der Waals surface area contributed by atoms with Crippen molar-refractivity contribution in [2.24, 2.45) is 5.92 Å². The Morgan fingerprint density at radius 3 is 2.66 bits per heavy atom. The third-order valence-corrected chi connectivity index (χ3v) is 5.63. The highest BCUT2D eigenvalue weighted by Crippen LogP contribution is 2.30. The van der Waals surface area contributed by atoms with Gasteiger partial charge >= 0.3 is 6.36 Å². The number of amides is 1. The summed E-state index contributed by atoms with van der Waals surface area (Å²) in [5.41, 5.74) is 1.51. The van der Waals surface area contributed by atoms with Gasteiger partial charge in [0.1, 0.15) is 11.5 Å². The lowest BCUT2D eigenvalue weighted by Crippen LogP contribution is -2.40. The number of nitrogens with zero attached hydrogens (tertiary/aromatic N) is 1. The van der Waals surface area contributed by atoms with E-state index in [2.05, 4.69) is 26.4 Å². The fourth-order valence-electron chi connectivity index (χ4n) is 3.35. The van der Waals surface area contributed by atoms with Crippen molar-refractivity contribution in [1.82, 2.24) is 10.2 Å². The Morgan fingerprint density at radius 1 is 1.28 bits per heavy atom. The van der Waals surface area contributed by atoms with E-state index < -0.39 is 6.36 Å². The zero-order valence-corrected chi connectivity index (χ0v) is 16.8. The molecule has 2 heterocycles. The Hall–Kier alpha value is -2.26. The van der Waals surface area contributed by atoms with Gasteiger partial charge in [-0.3, -0.25) is 9.69 Å². The highest BCUT2D eigenvalue weighted by molar-refractivity contribution is 7.07. The van der Waals surface area contributed by atoms with Crippen LogP contribution in [0.5, 0.6) is 11.5 Å². The summed E-state index contributed by atoms with van der Waals surface area (Å²) < 4.78 is 47.0. The lowest BCUT2D eigenvalue weighted by molar-refractivity contribution is -0.274. The number of carbonyl (C=O) groups is 1. The van der Waals surface area contributed by atoms with Crippen LogP contribution in [-0.2, 0) is 17.9 Å². The van der Waals surface area contributed by atoms with Crippen LogP contribution in [0.4, 0.5) is 13.2 Å². The van der Waals surface area contributed by atoms with Gasteiger partial charge in [0, 0.05) is 30.6 Å². The van der Waals surface area contributed by atoms with Crippen molar-refractivity contribution in [2.75, 3.05) is 20.2 Å². The van der Waals surface area contributed by atoms with E-state index in [9.17, 15) is 18.0 Å². The predicted octanol–water partition coefficient (Wildman–Crippen LogP) is 4.18. The maximum atomic E-state index is 12.7. The molecule has 5 nitrogen and oxygen atoms in total. The number of ether oxygens (including phenoxy) is 2. The minimum absolute atomic E-state index is 0.0383. The number of halogens is 3. The summed E-state index contributed by atoms with van der Waals surface area (Å²) in [5, 5.41) is 6.92. The first-order valence-electron chi connectivity index (χ1n) is 9.28. The number of alkyl halides is 3. The van der Waals surface area contributed by atoms with Crippen molar-refractivity contribution in [3.05, 3.63) is 46.2 Å². The van der Waals surface area contributed by atoms with E-state index in [0.29, 0.717) is 0 Å². The first-order valence-corrected chi connectivity index (χ1v) is 10.2. The summed E-state index contributed by atoms with van der Waals surface area (Å²) in [6.07, 6.45) is -3.37. The second-order valence-electron chi connectivity index (χ2n) is 6.92. The third-order valence-electron chi connectivity index (χ3n) is 4.90. The molecule has 0 saturated carbocycles. The van der Waals surface area contributed by atoms with Gasteiger partial charge < -0.3 is 14.8 Å². The second-order valence-corrected chi connectivity index (χ2v) is 7.70. The number of thiophene rings is 1. The molecule has 1 aliphatic heterocycles. The van der Waals surface area contributed by atoms with Crippen LogP contribution >= 0.6 is 11.3 Å². The van der Waals surface area contributed by atoms with Crippen LogP contribution in [0.15, 0.2) is 35.0 Å². The molecule has 1 fully saturated rings. The van der Waals surface area contributed by atoms with Crippen LogP contribution in [0.25, 0.3) is 0 Å². The predicted molar refractivity (Wildman–Crippen MR) is 104 cm³/mol. The van der Waals surface area contributed by atoms with Crippen molar-refractivity contribution in [1.29, 1.82) is 0 Å². The molecule has 0 unspecified atom stereocenters. The Bertz CT molecular complexity index is 804. The summed E-state index contributed by atoms with van der Waals surface area (Å²) in [6.45, 7) is 2.48. The number of carbonyl (C=O) groups excluding carboxylic acids is 1. The molecule has 0 aliphatic carbocycles. The van der Waals surface area contributed by atoms with E-state index in [0.717, 1.165) is 38.5 Å². The van der Waals surface area contributed by atoms with Gasteiger partial charge in [-0.2, -0.15) is 11.3 Å². The van der Waals surface area contributed by atoms with Gasteiger partial charge in [-0.1, -0.05) is 0 Å². The van der Waals surface area contributed by atoms with Gasteiger partial charge in [0.25, 0.3) is 0 Å². The number of hydrogen-bond acceptors (Lipinski definition) is 5. The summed E-state index contributed by atoms with van der Waals surface area (Å²) in [5.74, 6) is -0.409. The number of rotatable bonds is 7. The second kappa shape index (κ2) is 9.49. The molecule has 1 amide bonds. The molecule has 1 aromatic heterocycles. The topological polar surface area (TPSA) is 50.8 Å². The lowest BCUT2D eigenvalue weighted by Gasteiger charge is -2.31. The van der Waals surface area contributed by atoms with E-state index in [1.54, 1.807) is 11.3 Å².